The van der Waals surface area contributed by atoms with Crippen LogP contribution in [0.5, 0.6) is 5.75 Å². The Bertz CT molecular complexity index is 628. The zero-order valence-corrected chi connectivity index (χ0v) is 12.2. The van der Waals surface area contributed by atoms with Crippen LogP contribution in [0.15, 0.2) is 42.5 Å². The predicted octanol–water partition coefficient (Wildman–Crippen LogP) is 4.28. The van der Waals surface area contributed by atoms with Crippen LogP contribution in [0.1, 0.15) is 17.2 Å². The number of halogens is 2. The van der Waals surface area contributed by atoms with Gasteiger partial charge in [-0.3, -0.25) is 0 Å². The number of aliphatic hydroxyl groups is 1. The minimum absolute atomic E-state index is 0.0270. The van der Waals surface area contributed by atoms with Crippen LogP contribution in [0, 0.1) is 5.92 Å². The molecule has 4 heteroatoms. The van der Waals surface area contributed by atoms with Gasteiger partial charge in [0, 0.05) is 21.5 Å². The van der Waals surface area contributed by atoms with E-state index in [0.29, 0.717) is 22.2 Å². The molecular formula is C16H14Cl2O2. The third kappa shape index (κ3) is 2.64. The molecule has 0 saturated carbocycles. The highest BCUT2D eigenvalue weighted by Crippen LogP contribution is 2.36. The van der Waals surface area contributed by atoms with Crippen LogP contribution in [0.2, 0.25) is 10.0 Å². The molecule has 0 bridgehead atoms. The quantitative estimate of drug-likeness (QED) is 0.897. The summed E-state index contributed by atoms with van der Waals surface area (Å²) in [5.74, 6) is 0.869. The lowest BCUT2D eigenvalue weighted by atomic mass is 9.88. The van der Waals surface area contributed by atoms with E-state index in [0.717, 1.165) is 17.7 Å². The lowest BCUT2D eigenvalue weighted by Crippen LogP contribution is -2.26. The van der Waals surface area contributed by atoms with Gasteiger partial charge in [-0.25, -0.2) is 0 Å². The molecule has 104 valence electrons. The maximum atomic E-state index is 10.6. The Balaban J connectivity index is 1.85. The van der Waals surface area contributed by atoms with Crippen LogP contribution in [0.25, 0.3) is 0 Å². The van der Waals surface area contributed by atoms with Crippen molar-refractivity contribution in [3.05, 3.63) is 63.6 Å². The monoisotopic (exact) mass is 308 g/mol. The van der Waals surface area contributed by atoms with Crippen LogP contribution in [-0.4, -0.2) is 11.7 Å². The molecule has 0 radical (unpaired) electrons. The SMILES string of the molecule is OC(c1cc(Cl)ccc1Cl)C1COc2ccccc2C1. The fourth-order valence-electron chi connectivity index (χ4n) is 2.55. The molecule has 2 unspecified atom stereocenters. The first-order valence-electron chi connectivity index (χ1n) is 6.49. The lowest BCUT2D eigenvalue weighted by Gasteiger charge is -2.29. The minimum Gasteiger partial charge on any atom is -0.493 e. The standard InChI is InChI=1S/C16H14Cl2O2/c17-12-5-6-14(18)13(8-12)16(19)11-7-10-3-1-2-4-15(10)20-9-11/h1-6,8,11,16,19H,7,9H2. The van der Waals surface area contributed by atoms with Crippen LogP contribution in [-0.2, 0) is 6.42 Å². The van der Waals surface area contributed by atoms with Gasteiger partial charge in [-0.15, -0.1) is 0 Å². The molecule has 2 aromatic rings. The van der Waals surface area contributed by atoms with Crippen LogP contribution < -0.4 is 4.74 Å². The van der Waals surface area contributed by atoms with Crippen LogP contribution >= 0.6 is 23.2 Å². The van der Waals surface area contributed by atoms with Gasteiger partial charge in [-0.2, -0.15) is 0 Å². The normalized spacial score (nSPS) is 19.1. The minimum atomic E-state index is -0.686. The van der Waals surface area contributed by atoms with E-state index in [1.54, 1.807) is 18.2 Å². The van der Waals surface area contributed by atoms with Gasteiger partial charge in [0.05, 0.1) is 12.7 Å². The van der Waals surface area contributed by atoms with Gasteiger partial charge in [0.15, 0.2) is 0 Å². The first-order valence-corrected chi connectivity index (χ1v) is 7.24. The fourth-order valence-corrected chi connectivity index (χ4v) is 2.96. The van der Waals surface area contributed by atoms with Crippen molar-refractivity contribution in [2.75, 3.05) is 6.61 Å². The predicted molar refractivity (Wildman–Crippen MR) is 80.6 cm³/mol. The molecule has 0 amide bonds. The highest BCUT2D eigenvalue weighted by atomic mass is 35.5. The third-order valence-corrected chi connectivity index (χ3v) is 4.21. The van der Waals surface area contributed by atoms with E-state index in [-0.39, 0.29) is 5.92 Å². The molecule has 2 aromatic carbocycles. The van der Waals surface area contributed by atoms with E-state index < -0.39 is 6.10 Å². The zero-order chi connectivity index (χ0) is 14.1. The van der Waals surface area contributed by atoms with Crippen molar-refractivity contribution in [1.82, 2.24) is 0 Å². The summed E-state index contributed by atoms with van der Waals surface area (Å²) < 4.78 is 5.71. The second kappa shape index (κ2) is 5.65. The summed E-state index contributed by atoms with van der Waals surface area (Å²) in [6, 6.07) is 13.0. The summed E-state index contributed by atoms with van der Waals surface area (Å²) in [7, 11) is 0. The number of hydrogen-bond donors (Lipinski definition) is 1. The highest BCUT2D eigenvalue weighted by Gasteiger charge is 2.28. The van der Waals surface area contributed by atoms with Crippen LogP contribution in [0.4, 0.5) is 0 Å². The van der Waals surface area contributed by atoms with Gasteiger partial charge in [-0.05, 0) is 36.2 Å². The molecule has 1 heterocycles. The Labute approximate surface area is 127 Å². The number of para-hydroxylation sites is 1. The molecule has 0 fully saturated rings. The molecule has 3 rings (SSSR count). The molecule has 1 N–H and O–H groups in total. The van der Waals surface area contributed by atoms with Gasteiger partial charge in [-0.1, -0.05) is 41.4 Å². The maximum absolute atomic E-state index is 10.6. The zero-order valence-electron chi connectivity index (χ0n) is 10.7. The van der Waals surface area contributed by atoms with Crippen molar-refractivity contribution in [3.63, 3.8) is 0 Å². The number of ether oxygens (including phenoxy) is 1. The van der Waals surface area contributed by atoms with E-state index in [4.69, 9.17) is 27.9 Å². The second-order valence-corrected chi connectivity index (χ2v) is 5.84. The molecule has 0 spiro atoms. The summed E-state index contributed by atoms with van der Waals surface area (Å²) in [6.45, 7) is 0.473. The summed E-state index contributed by atoms with van der Waals surface area (Å²) in [5, 5.41) is 11.7. The summed E-state index contributed by atoms with van der Waals surface area (Å²) >= 11 is 12.1. The Hall–Kier alpha value is -1.22. The van der Waals surface area contributed by atoms with Crippen molar-refractivity contribution in [3.8, 4) is 5.75 Å². The number of aliphatic hydroxyl groups excluding tert-OH is 1. The number of fused-ring (bicyclic) bond motifs is 1. The Kier molecular flexibility index (Phi) is 3.88. The van der Waals surface area contributed by atoms with Crippen molar-refractivity contribution >= 4 is 23.2 Å². The molecule has 2 nitrogen and oxygen atoms in total. The van der Waals surface area contributed by atoms with Crippen molar-refractivity contribution in [2.45, 2.75) is 12.5 Å². The average Bonchev–Trinajstić information content (AvgIpc) is 2.48. The van der Waals surface area contributed by atoms with E-state index in [1.165, 1.54) is 0 Å². The van der Waals surface area contributed by atoms with E-state index in [2.05, 4.69) is 0 Å². The van der Waals surface area contributed by atoms with Gasteiger partial charge >= 0.3 is 0 Å². The first-order chi connectivity index (χ1) is 9.65. The van der Waals surface area contributed by atoms with Gasteiger partial charge in [0.2, 0.25) is 0 Å². The fraction of sp³-hybridized carbons (Fsp3) is 0.250. The molecule has 20 heavy (non-hydrogen) atoms. The number of rotatable bonds is 2. The summed E-state index contributed by atoms with van der Waals surface area (Å²) in [4.78, 5) is 0. The highest BCUT2D eigenvalue weighted by molar-refractivity contribution is 6.33. The molecule has 0 aromatic heterocycles. The first kappa shape index (κ1) is 13.7. The van der Waals surface area contributed by atoms with Gasteiger partial charge < -0.3 is 9.84 Å². The molecule has 2 atom stereocenters. The van der Waals surface area contributed by atoms with Crippen LogP contribution in [0.3, 0.4) is 0 Å². The largest absolute Gasteiger partial charge is 0.493 e. The molecule has 0 aliphatic carbocycles. The Morgan fingerprint density at radius 2 is 1.95 bits per heavy atom. The Morgan fingerprint density at radius 1 is 1.15 bits per heavy atom. The van der Waals surface area contributed by atoms with Crippen molar-refractivity contribution in [2.24, 2.45) is 5.92 Å². The lowest BCUT2D eigenvalue weighted by molar-refractivity contribution is 0.0646. The molecule has 1 aliphatic heterocycles. The average molecular weight is 309 g/mol. The van der Waals surface area contributed by atoms with Gasteiger partial charge in [0.25, 0.3) is 0 Å². The molecular weight excluding hydrogens is 295 g/mol. The Morgan fingerprint density at radius 3 is 2.80 bits per heavy atom. The summed E-state index contributed by atoms with van der Waals surface area (Å²) in [5.41, 5.74) is 1.77. The topological polar surface area (TPSA) is 29.5 Å². The molecule has 0 saturated heterocycles. The summed E-state index contributed by atoms with van der Waals surface area (Å²) in [6.07, 6.45) is 0.0785. The smallest absolute Gasteiger partial charge is 0.122 e. The molecule has 1 aliphatic rings. The number of hydrogen-bond acceptors (Lipinski definition) is 2. The second-order valence-electron chi connectivity index (χ2n) is 4.99. The van der Waals surface area contributed by atoms with Gasteiger partial charge in [0.1, 0.15) is 5.75 Å². The van der Waals surface area contributed by atoms with Crippen molar-refractivity contribution < 1.29 is 9.84 Å². The van der Waals surface area contributed by atoms with E-state index in [9.17, 15) is 5.11 Å². The van der Waals surface area contributed by atoms with Crippen molar-refractivity contribution in [1.29, 1.82) is 0 Å². The van der Waals surface area contributed by atoms with E-state index in [1.807, 2.05) is 24.3 Å². The third-order valence-electron chi connectivity index (χ3n) is 3.63. The maximum Gasteiger partial charge on any atom is 0.122 e. The van der Waals surface area contributed by atoms with E-state index >= 15 is 0 Å². The number of benzene rings is 2.